The smallest absolute Gasteiger partial charge is 0.369 e. The largest absolute Gasteiger partial charge is 0.417 e. The molecule has 4 rings (SSSR count). The van der Waals surface area contributed by atoms with Gasteiger partial charge in [-0.3, -0.25) is 9.89 Å². The molecule has 0 bridgehead atoms. The second-order valence-electron chi connectivity index (χ2n) is 9.57. The van der Waals surface area contributed by atoms with Crippen LogP contribution in [0.15, 0.2) is 41.8 Å². The van der Waals surface area contributed by atoms with Crippen LogP contribution in [0.5, 0.6) is 0 Å². The average molecular weight is 511 g/mol. The summed E-state index contributed by atoms with van der Waals surface area (Å²) in [6, 6.07) is 3.68. The number of carbonyl (C=O) groups excluding carboxylic acids is 1. The van der Waals surface area contributed by atoms with E-state index in [0.717, 1.165) is 31.5 Å². The van der Waals surface area contributed by atoms with E-state index in [9.17, 15) is 26.7 Å². The molecule has 1 unspecified atom stereocenters. The van der Waals surface area contributed by atoms with Gasteiger partial charge in [-0.1, -0.05) is 6.42 Å². The van der Waals surface area contributed by atoms with Gasteiger partial charge >= 0.3 is 6.18 Å². The fraction of sp³-hybridized carbons (Fsp3) is 0.542. The molecule has 0 radical (unpaired) electrons. The van der Waals surface area contributed by atoms with Gasteiger partial charge in [-0.15, -0.1) is 0 Å². The van der Waals surface area contributed by atoms with Gasteiger partial charge in [0.25, 0.3) is 5.92 Å². The summed E-state index contributed by atoms with van der Waals surface area (Å²) in [5, 5.41) is 3.06. The highest BCUT2D eigenvalue weighted by Gasteiger charge is 2.59. The van der Waals surface area contributed by atoms with E-state index in [2.05, 4.69) is 25.3 Å². The fourth-order valence-electron chi connectivity index (χ4n) is 4.99. The average Bonchev–Trinajstić information content (AvgIpc) is 2.85. The Morgan fingerprint density at radius 2 is 1.92 bits per heavy atom. The lowest BCUT2D eigenvalue weighted by Crippen LogP contribution is -2.63. The number of carbonyl (C=O) groups is 1. The first-order chi connectivity index (χ1) is 17.0. The van der Waals surface area contributed by atoms with E-state index in [1.165, 1.54) is 18.5 Å². The van der Waals surface area contributed by atoms with Gasteiger partial charge in [-0.25, -0.2) is 23.7 Å². The van der Waals surface area contributed by atoms with Gasteiger partial charge in [0, 0.05) is 44.1 Å². The van der Waals surface area contributed by atoms with Crippen LogP contribution in [0.3, 0.4) is 0 Å². The molecule has 7 nitrogen and oxygen atoms in total. The number of pyridine rings is 1. The first-order valence-electron chi connectivity index (χ1n) is 11.7. The maximum atomic E-state index is 14.5. The van der Waals surface area contributed by atoms with Crippen LogP contribution in [0.1, 0.15) is 44.0 Å². The molecule has 36 heavy (non-hydrogen) atoms. The number of hydrogen-bond acceptors (Lipinski definition) is 7. The quantitative estimate of drug-likeness (QED) is 0.445. The summed E-state index contributed by atoms with van der Waals surface area (Å²) in [5.74, 6) is -2.82. The Morgan fingerprint density at radius 3 is 2.56 bits per heavy atom. The van der Waals surface area contributed by atoms with Crippen LogP contribution in [0.25, 0.3) is 0 Å². The maximum Gasteiger partial charge on any atom is 0.417 e. The molecule has 2 aliphatic heterocycles. The third-order valence-corrected chi connectivity index (χ3v) is 7.09. The number of halogens is 5. The van der Waals surface area contributed by atoms with E-state index in [1.807, 2.05) is 4.90 Å². The third-order valence-electron chi connectivity index (χ3n) is 7.09. The zero-order valence-corrected chi connectivity index (χ0v) is 19.7. The number of hydrogen-bond donors (Lipinski definition) is 1. The summed E-state index contributed by atoms with van der Waals surface area (Å²) < 4.78 is 67.4. The van der Waals surface area contributed by atoms with Crippen molar-refractivity contribution in [3.05, 3.63) is 48.2 Å². The minimum Gasteiger partial charge on any atom is -0.369 e. The van der Waals surface area contributed by atoms with Crippen molar-refractivity contribution in [2.45, 2.75) is 61.7 Å². The lowest BCUT2D eigenvalue weighted by molar-refractivity contribution is -0.137. The number of aldehydes is 1. The summed E-state index contributed by atoms with van der Waals surface area (Å²) in [6.07, 6.45) is 2.21. The zero-order chi connectivity index (χ0) is 26.0. The van der Waals surface area contributed by atoms with Crippen molar-refractivity contribution in [2.75, 3.05) is 25.0 Å². The van der Waals surface area contributed by atoms with E-state index in [1.54, 1.807) is 13.0 Å². The number of likely N-dealkylation sites (tertiary alicyclic amines) is 1. The lowest BCUT2D eigenvalue weighted by atomic mass is 9.65. The van der Waals surface area contributed by atoms with Crippen LogP contribution in [-0.4, -0.2) is 69.5 Å². The van der Waals surface area contributed by atoms with Gasteiger partial charge in [-0.05, 0) is 44.5 Å². The molecule has 2 aromatic heterocycles. The van der Waals surface area contributed by atoms with Crippen molar-refractivity contribution >= 4 is 18.3 Å². The molecule has 1 N–H and O–H groups in total. The van der Waals surface area contributed by atoms with Gasteiger partial charge in [0.15, 0.2) is 0 Å². The van der Waals surface area contributed by atoms with Crippen molar-refractivity contribution < 1.29 is 26.7 Å². The third kappa shape index (κ3) is 5.23. The molecule has 0 aliphatic carbocycles. The lowest BCUT2D eigenvalue weighted by Gasteiger charge is -2.49. The van der Waals surface area contributed by atoms with Gasteiger partial charge in [0.05, 0.1) is 17.2 Å². The van der Waals surface area contributed by atoms with Crippen molar-refractivity contribution in [2.24, 2.45) is 4.99 Å². The molecule has 12 heteroatoms. The van der Waals surface area contributed by atoms with Crippen molar-refractivity contribution in [3.8, 4) is 0 Å². The standard InChI is InChI=1S/C24H27F5N6O/c1-21(20-30-8-4-9-31-20)13-23(25,26)14-34-22(21,16-36)15-35-10-3-2-5-18(35)12-33-19-7-6-17(11-32-19)24(27,28)29/h4,6-9,11,14,16,18H,2-3,5,10,12-13,15H2,1H3,(H,32,33)/t18?,21-,22-/m0/s1. The van der Waals surface area contributed by atoms with Gasteiger partial charge in [-0.2, -0.15) is 13.2 Å². The normalized spacial score (nSPS) is 28.6. The Bertz CT molecular complexity index is 1080. The minimum absolute atomic E-state index is 0.0740. The predicted octanol–water partition coefficient (Wildman–Crippen LogP) is 4.16. The van der Waals surface area contributed by atoms with Crippen molar-refractivity contribution in [1.29, 1.82) is 0 Å². The van der Waals surface area contributed by atoms with Gasteiger partial charge in [0.1, 0.15) is 23.5 Å². The molecule has 1 saturated heterocycles. The van der Waals surface area contributed by atoms with Crippen LogP contribution in [-0.2, 0) is 16.4 Å². The van der Waals surface area contributed by atoms with Crippen molar-refractivity contribution in [3.63, 3.8) is 0 Å². The molecule has 0 aromatic carbocycles. The Hall–Kier alpha value is -3.02. The Labute approximate surface area is 205 Å². The number of piperidine rings is 1. The second kappa shape index (κ2) is 9.79. The predicted molar refractivity (Wildman–Crippen MR) is 123 cm³/mol. The molecule has 4 heterocycles. The number of alkyl halides is 5. The van der Waals surface area contributed by atoms with Gasteiger partial charge in [0.2, 0.25) is 0 Å². The topological polar surface area (TPSA) is 83.4 Å². The molecule has 3 atom stereocenters. The summed E-state index contributed by atoms with van der Waals surface area (Å²) in [5.41, 5.74) is -3.84. The van der Waals surface area contributed by atoms with E-state index < -0.39 is 35.0 Å². The number of aromatic nitrogens is 3. The Kier molecular flexibility index (Phi) is 7.09. The molecule has 1 fully saturated rings. The van der Waals surface area contributed by atoms with Crippen molar-refractivity contribution in [1.82, 2.24) is 19.9 Å². The van der Waals surface area contributed by atoms with Crippen LogP contribution >= 0.6 is 0 Å². The molecule has 0 saturated carbocycles. The summed E-state index contributed by atoms with van der Waals surface area (Å²) in [4.78, 5) is 31.0. The van der Waals surface area contributed by atoms with Crippen LogP contribution in [0, 0.1) is 0 Å². The highest BCUT2D eigenvalue weighted by molar-refractivity contribution is 5.79. The molecule has 194 valence electrons. The SMILES string of the molecule is C[C@@]1(c2ncccn2)CC(F)(F)C=N[C@]1(C=O)CN1CCCCC1CNc1ccc(C(F)(F)F)cn1. The number of nitrogens with one attached hydrogen (secondary N) is 1. The Morgan fingerprint density at radius 1 is 1.17 bits per heavy atom. The molecule has 0 spiro atoms. The highest BCUT2D eigenvalue weighted by atomic mass is 19.4. The summed E-state index contributed by atoms with van der Waals surface area (Å²) >= 11 is 0. The molecular formula is C24H27F5N6O. The number of rotatable bonds is 7. The van der Waals surface area contributed by atoms with Crippen LogP contribution in [0.2, 0.25) is 0 Å². The molecule has 0 amide bonds. The summed E-state index contributed by atoms with van der Waals surface area (Å²) in [6.45, 7) is 2.58. The number of nitrogens with zero attached hydrogens (tertiary/aromatic N) is 5. The molecule has 2 aromatic rings. The second-order valence-corrected chi connectivity index (χ2v) is 9.57. The van der Waals surface area contributed by atoms with Crippen LogP contribution < -0.4 is 5.32 Å². The Balaban J connectivity index is 1.56. The molecular weight excluding hydrogens is 483 g/mol. The summed E-state index contributed by atoms with van der Waals surface area (Å²) in [7, 11) is 0. The number of anilines is 1. The maximum absolute atomic E-state index is 14.5. The van der Waals surface area contributed by atoms with E-state index in [4.69, 9.17) is 0 Å². The minimum atomic E-state index is -4.47. The van der Waals surface area contributed by atoms with E-state index in [0.29, 0.717) is 25.6 Å². The van der Waals surface area contributed by atoms with E-state index in [-0.39, 0.29) is 24.2 Å². The first kappa shape index (κ1) is 26.1. The fourth-order valence-corrected chi connectivity index (χ4v) is 4.99. The first-order valence-corrected chi connectivity index (χ1v) is 11.7. The zero-order valence-electron chi connectivity index (χ0n) is 19.7. The van der Waals surface area contributed by atoms with Crippen LogP contribution in [0.4, 0.5) is 27.8 Å². The number of aliphatic imine (C=N–C) groups is 1. The highest BCUT2D eigenvalue weighted by Crippen LogP contribution is 2.47. The monoisotopic (exact) mass is 510 g/mol. The van der Waals surface area contributed by atoms with E-state index >= 15 is 0 Å². The van der Waals surface area contributed by atoms with Gasteiger partial charge < -0.3 is 10.1 Å². The molecule has 2 aliphatic rings.